The van der Waals surface area contributed by atoms with Gasteiger partial charge in [-0.1, -0.05) is 32.4 Å². The van der Waals surface area contributed by atoms with E-state index >= 15 is 0 Å². The van der Waals surface area contributed by atoms with Crippen molar-refractivity contribution < 1.29 is 4.39 Å². The molecule has 2 atom stereocenters. The molecule has 3 aromatic heterocycles. The highest BCUT2D eigenvalue weighted by Crippen LogP contribution is 2.33. The number of hydrogen-bond donors (Lipinski definition) is 0. The quantitative estimate of drug-likeness (QED) is 0.531. The Bertz CT molecular complexity index is 1210. The monoisotopic (exact) mass is 443 g/mol. The van der Waals surface area contributed by atoms with Crippen LogP contribution >= 0.6 is 11.6 Å². The van der Waals surface area contributed by atoms with Crippen LogP contribution < -0.4 is 10.6 Å². The first kappa shape index (κ1) is 21.7. The number of rotatable bonds is 3. The van der Waals surface area contributed by atoms with Crippen LogP contribution in [-0.2, 0) is 0 Å². The maximum atomic E-state index is 14.6. The normalized spacial score (nSPS) is 19.4. The second-order valence-electron chi connectivity index (χ2n) is 8.89. The Balaban J connectivity index is 2.08. The highest BCUT2D eigenvalue weighted by atomic mass is 35.5. The Morgan fingerprint density at radius 2 is 1.97 bits per heavy atom. The van der Waals surface area contributed by atoms with E-state index < -0.39 is 11.5 Å². The number of aryl methyl sites for hydroxylation is 1. The summed E-state index contributed by atoms with van der Waals surface area (Å²) >= 11 is 6.08. The predicted molar refractivity (Wildman–Crippen MR) is 122 cm³/mol. The van der Waals surface area contributed by atoms with Gasteiger partial charge in [0.1, 0.15) is 5.82 Å². The van der Waals surface area contributed by atoms with Crippen molar-refractivity contribution in [2.75, 3.05) is 11.4 Å². The number of fused-ring (bicyclic) bond motifs is 1. The molecule has 0 N–H and O–H groups in total. The Labute approximate surface area is 186 Å². The van der Waals surface area contributed by atoms with Gasteiger partial charge in [-0.2, -0.15) is 4.98 Å². The molecule has 1 aliphatic heterocycles. The predicted octanol–water partition coefficient (Wildman–Crippen LogP) is 5.02. The SMILES string of the molecule is Cc1ccnc(C(C)C)c1-n1c(=O)nc(N2C[C@@H](C)CC[C@@H]2C)c2cc(F)c(Cl)nc21. The van der Waals surface area contributed by atoms with E-state index in [-0.39, 0.29) is 17.1 Å². The van der Waals surface area contributed by atoms with Crippen molar-refractivity contribution in [1.82, 2.24) is 19.5 Å². The molecule has 1 saturated heterocycles. The molecule has 0 radical (unpaired) electrons. The van der Waals surface area contributed by atoms with E-state index in [4.69, 9.17) is 11.6 Å². The largest absolute Gasteiger partial charge is 0.355 e. The summed E-state index contributed by atoms with van der Waals surface area (Å²) in [5.74, 6) is 0.349. The maximum absolute atomic E-state index is 14.6. The topological polar surface area (TPSA) is 63.9 Å². The Hall–Kier alpha value is -2.54. The summed E-state index contributed by atoms with van der Waals surface area (Å²) in [6.07, 6.45) is 3.81. The molecule has 6 nitrogen and oxygen atoms in total. The molecule has 0 bridgehead atoms. The fourth-order valence-corrected chi connectivity index (χ4v) is 4.51. The molecule has 31 heavy (non-hydrogen) atoms. The lowest BCUT2D eigenvalue weighted by atomic mass is 9.95. The van der Waals surface area contributed by atoms with Crippen LogP contribution in [0.4, 0.5) is 10.2 Å². The molecule has 0 spiro atoms. The van der Waals surface area contributed by atoms with Crippen LogP contribution in [0.2, 0.25) is 5.15 Å². The zero-order valence-corrected chi connectivity index (χ0v) is 19.2. The van der Waals surface area contributed by atoms with Crippen molar-refractivity contribution in [1.29, 1.82) is 0 Å². The third kappa shape index (κ3) is 3.80. The van der Waals surface area contributed by atoms with Crippen LogP contribution in [-0.4, -0.2) is 32.1 Å². The second-order valence-corrected chi connectivity index (χ2v) is 9.24. The summed E-state index contributed by atoms with van der Waals surface area (Å²) in [6, 6.07) is 3.37. The first-order valence-corrected chi connectivity index (χ1v) is 11.1. The summed E-state index contributed by atoms with van der Waals surface area (Å²) in [7, 11) is 0. The molecule has 0 saturated carbocycles. The van der Waals surface area contributed by atoms with E-state index in [1.165, 1.54) is 10.6 Å². The van der Waals surface area contributed by atoms with E-state index in [1.54, 1.807) is 6.20 Å². The second kappa shape index (κ2) is 8.19. The lowest BCUT2D eigenvalue weighted by Gasteiger charge is -2.38. The van der Waals surface area contributed by atoms with Gasteiger partial charge in [-0.05, 0) is 56.2 Å². The molecule has 0 aromatic carbocycles. The fourth-order valence-electron chi connectivity index (χ4n) is 4.37. The zero-order chi connectivity index (χ0) is 22.4. The van der Waals surface area contributed by atoms with Crippen LogP contribution in [0.25, 0.3) is 16.7 Å². The first-order valence-electron chi connectivity index (χ1n) is 10.7. The van der Waals surface area contributed by atoms with Crippen LogP contribution in [0.5, 0.6) is 0 Å². The van der Waals surface area contributed by atoms with Crippen LogP contribution in [0.1, 0.15) is 57.7 Å². The van der Waals surface area contributed by atoms with Crippen molar-refractivity contribution in [3.8, 4) is 5.69 Å². The summed E-state index contributed by atoms with van der Waals surface area (Å²) in [6.45, 7) is 11.0. The Morgan fingerprint density at radius 1 is 1.23 bits per heavy atom. The van der Waals surface area contributed by atoms with Gasteiger partial charge in [0.2, 0.25) is 0 Å². The molecule has 8 heteroatoms. The van der Waals surface area contributed by atoms with Gasteiger partial charge in [0.05, 0.1) is 16.8 Å². The van der Waals surface area contributed by atoms with Crippen molar-refractivity contribution in [3.63, 3.8) is 0 Å². The third-order valence-corrected chi connectivity index (χ3v) is 6.34. The molecule has 1 aliphatic rings. The minimum Gasteiger partial charge on any atom is -0.353 e. The number of anilines is 1. The van der Waals surface area contributed by atoms with Crippen LogP contribution in [0.3, 0.4) is 0 Å². The smallest absolute Gasteiger partial charge is 0.353 e. The lowest BCUT2D eigenvalue weighted by molar-refractivity contribution is 0.388. The van der Waals surface area contributed by atoms with Gasteiger partial charge >= 0.3 is 5.69 Å². The number of hydrogen-bond acceptors (Lipinski definition) is 5. The molecule has 164 valence electrons. The zero-order valence-electron chi connectivity index (χ0n) is 18.5. The number of halogens is 2. The van der Waals surface area contributed by atoms with Gasteiger partial charge in [-0.25, -0.2) is 18.7 Å². The average molecular weight is 444 g/mol. The Morgan fingerprint density at radius 3 is 2.68 bits per heavy atom. The van der Waals surface area contributed by atoms with Crippen molar-refractivity contribution in [2.24, 2.45) is 5.92 Å². The van der Waals surface area contributed by atoms with Gasteiger partial charge < -0.3 is 4.90 Å². The van der Waals surface area contributed by atoms with E-state index in [1.807, 2.05) is 26.8 Å². The standard InChI is InChI=1S/C23H27ClFN5O/c1-12(2)18-19(14(4)8-9-26-18)30-22-16(10-17(25)20(24)27-22)21(28-23(30)31)29-11-13(3)6-7-15(29)5/h8-10,12-13,15H,6-7,11H2,1-5H3/t13-,15-/m0/s1. The molecule has 3 aromatic rings. The summed E-state index contributed by atoms with van der Waals surface area (Å²) in [4.78, 5) is 28.8. The van der Waals surface area contributed by atoms with E-state index in [0.29, 0.717) is 28.5 Å². The van der Waals surface area contributed by atoms with E-state index in [2.05, 4.69) is 33.7 Å². The number of piperidine rings is 1. The molecule has 1 fully saturated rings. The number of pyridine rings is 2. The summed E-state index contributed by atoms with van der Waals surface area (Å²) < 4.78 is 16.0. The van der Waals surface area contributed by atoms with Crippen molar-refractivity contribution >= 4 is 28.5 Å². The van der Waals surface area contributed by atoms with Crippen LogP contribution in [0.15, 0.2) is 23.1 Å². The van der Waals surface area contributed by atoms with E-state index in [9.17, 15) is 9.18 Å². The first-order chi connectivity index (χ1) is 14.7. The molecule has 4 rings (SSSR count). The van der Waals surface area contributed by atoms with Gasteiger partial charge in [0.15, 0.2) is 16.6 Å². The molecular formula is C23H27ClFN5O. The molecule has 4 heterocycles. The highest BCUT2D eigenvalue weighted by Gasteiger charge is 2.28. The summed E-state index contributed by atoms with van der Waals surface area (Å²) in [5, 5.41) is 0.200. The van der Waals surface area contributed by atoms with E-state index in [0.717, 1.165) is 30.6 Å². The summed E-state index contributed by atoms with van der Waals surface area (Å²) in [5.41, 5.74) is 2.06. The fraction of sp³-hybridized carbons (Fsp3) is 0.478. The van der Waals surface area contributed by atoms with Crippen molar-refractivity contribution in [2.45, 2.75) is 59.4 Å². The number of aromatic nitrogens is 4. The Kier molecular flexibility index (Phi) is 5.73. The van der Waals surface area contributed by atoms with Gasteiger partial charge in [0.25, 0.3) is 0 Å². The van der Waals surface area contributed by atoms with Crippen molar-refractivity contribution in [3.05, 3.63) is 51.0 Å². The average Bonchev–Trinajstić information content (AvgIpc) is 2.71. The number of nitrogens with zero attached hydrogens (tertiary/aromatic N) is 5. The molecule has 0 amide bonds. The van der Waals surface area contributed by atoms with Gasteiger partial charge in [0, 0.05) is 18.8 Å². The van der Waals surface area contributed by atoms with Gasteiger partial charge in [-0.15, -0.1) is 0 Å². The lowest BCUT2D eigenvalue weighted by Crippen LogP contribution is -2.43. The third-order valence-electron chi connectivity index (χ3n) is 6.07. The maximum Gasteiger partial charge on any atom is 0.355 e. The minimum absolute atomic E-state index is 0.0652. The minimum atomic E-state index is -0.632. The van der Waals surface area contributed by atoms with Gasteiger partial charge in [-0.3, -0.25) is 4.98 Å². The molecule has 0 aliphatic carbocycles. The molecule has 0 unspecified atom stereocenters. The highest BCUT2D eigenvalue weighted by molar-refractivity contribution is 6.30. The molecular weight excluding hydrogens is 417 g/mol. The van der Waals surface area contributed by atoms with Crippen LogP contribution in [0, 0.1) is 18.7 Å².